The van der Waals surface area contributed by atoms with Crippen molar-refractivity contribution >= 4 is 35.4 Å². The molecule has 1 N–H and O–H groups in total. The van der Waals surface area contributed by atoms with Gasteiger partial charge in [0, 0.05) is 0 Å². The summed E-state index contributed by atoms with van der Waals surface area (Å²) < 4.78 is 33.4. The average Bonchev–Trinajstić information content (AvgIpc) is 2.61. The van der Waals surface area contributed by atoms with E-state index in [9.17, 15) is 13.2 Å². The fraction of sp³-hybridized carbons (Fsp3) is 0.278. The van der Waals surface area contributed by atoms with Crippen LogP contribution >= 0.6 is 0 Å². The number of nitrogens with one attached hydrogen (secondary N) is 1. The Morgan fingerprint density at radius 1 is 1.12 bits per heavy atom. The quantitative estimate of drug-likeness (QED) is 0.515. The van der Waals surface area contributed by atoms with Gasteiger partial charge in [-0.2, -0.15) is 0 Å². The first-order valence-electron chi connectivity index (χ1n) is 7.77. The number of aryl methyl sites for hydroxylation is 1. The maximum absolute atomic E-state index is 12.5. The van der Waals surface area contributed by atoms with Crippen molar-refractivity contribution in [3.8, 4) is 0 Å². The van der Waals surface area contributed by atoms with E-state index in [1.165, 1.54) is 23.7 Å². The number of benzene rings is 2. The number of rotatable bonds is 8. The summed E-state index contributed by atoms with van der Waals surface area (Å²) in [4.78, 5) is 12.1. The van der Waals surface area contributed by atoms with Crippen LogP contribution in [0.5, 0.6) is 0 Å². The number of ether oxygens (including phenoxy) is 1. The molecule has 0 saturated carbocycles. The van der Waals surface area contributed by atoms with Crippen LogP contribution in [0, 0.1) is 6.92 Å². The second-order valence-electron chi connectivity index (χ2n) is 5.46. The molecule has 0 aliphatic rings. The van der Waals surface area contributed by atoms with E-state index in [1.807, 2.05) is 37.3 Å². The zero-order valence-electron chi connectivity index (χ0n) is 14.1. The van der Waals surface area contributed by atoms with Gasteiger partial charge in [0.05, 0.1) is 0 Å². The van der Waals surface area contributed by atoms with E-state index in [-0.39, 0.29) is 19.9 Å². The van der Waals surface area contributed by atoms with Crippen molar-refractivity contribution < 1.29 is 17.9 Å². The van der Waals surface area contributed by atoms with E-state index >= 15 is 0 Å². The second kappa shape index (κ2) is 9.15. The monoisotopic (exact) mass is 427 g/mol. The SMILES string of the molecule is COC(=O)[C@H](CC[Se]c1ccccc1)NS(=O)(=O)c1ccc(C)cc1. The minimum absolute atomic E-state index is 0.139. The van der Waals surface area contributed by atoms with Gasteiger partial charge in [0.15, 0.2) is 0 Å². The number of esters is 1. The van der Waals surface area contributed by atoms with Crippen LogP contribution in [0.15, 0.2) is 59.5 Å². The third kappa shape index (κ3) is 5.97. The van der Waals surface area contributed by atoms with Crippen molar-refractivity contribution in [2.45, 2.75) is 29.6 Å². The summed E-state index contributed by atoms with van der Waals surface area (Å²) in [6.07, 6.45) is 0.395. The Balaban J connectivity index is 2.04. The van der Waals surface area contributed by atoms with Crippen LogP contribution < -0.4 is 9.18 Å². The molecule has 0 spiro atoms. The Kier molecular flexibility index (Phi) is 7.20. The van der Waals surface area contributed by atoms with Gasteiger partial charge in [-0.25, -0.2) is 0 Å². The van der Waals surface area contributed by atoms with Crippen molar-refractivity contribution in [3.63, 3.8) is 0 Å². The number of hydrogen-bond donors (Lipinski definition) is 1. The van der Waals surface area contributed by atoms with Gasteiger partial charge in [-0.15, -0.1) is 0 Å². The normalized spacial score (nSPS) is 12.6. The summed E-state index contributed by atoms with van der Waals surface area (Å²) >= 11 is 0.169. The third-order valence-corrected chi connectivity index (χ3v) is 7.21. The number of sulfonamides is 1. The van der Waals surface area contributed by atoms with Gasteiger partial charge in [0.1, 0.15) is 0 Å². The second-order valence-corrected chi connectivity index (χ2v) is 9.63. The Morgan fingerprint density at radius 2 is 1.76 bits per heavy atom. The van der Waals surface area contributed by atoms with Crippen molar-refractivity contribution in [2.24, 2.45) is 0 Å². The minimum atomic E-state index is -3.77. The molecule has 2 aromatic carbocycles. The number of carbonyl (C=O) groups excluding carboxylic acids is 1. The summed E-state index contributed by atoms with van der Waals surface area (Å²) in [5, 5.41) is 0.729. The summed E-state index contributed by atoms with van der Waals surface area (Å²) in [6, 6.07) is 15.6. The van der Waals surface area contributed by atoms with Crippen LogP contribution in [0.4, 0.5) is 0 Å². The molecule has 2 rings (SSSR count). The third-order valence-electron chi connectivity index (χ3n) is 3.53. The van der Waals surface area contributed by atoms with E-state index in [4.69, 9.17) is 4.74 Å². The predicted octanol–water partition coefficient (Wildman–Crippen LogP) is 1.65. The number of hydrogen-bond acceptors (Lipinski definition) is 4. The van der Waals surface area contributed by atoms with Crippen LogP contribution in [0.3, 0.4) is 0 Å². The summed E-state index contributed by atoms with van der Waals surface area (Å²) in [5.41, 5.74) is 0.967. The fourth-order valence-electron chi connectivity index (χ4n) is 2.15. The standard InChI is InChI=1S/C18H21NO4SSe/c1-14-8-10-15(11-9-14)24(21,22)19-17(18(20)23-2)12-13-25-16-6-4-3-5-7-16/h3-11,17,19H,12-13H2,1-2H3/t17-/m0/s1. The first-order chi connectivity index (χ1) is 11.9. The molecule has 0 aliphatic carbocycles. The fourth-order valence-corrected chi connectivity index (χ4v) is 5.34. The molecule has 25 heavy (non-hydrogen) atoms. The zero-order valence-corrected chi connectivity index (χ0v) is 16.7. The molecule has 0 aliphatic heterocycles. The van der Waals surface area contributed by atoms with Gasteiger partial charge in [0.25, 0.3) is 0 Å². The molecule has 0 bridgehead atoms. The molecule has 0 aromatic heterocycles. The molecule has 0 radical (unpaired) electrons. The van der Waals surface area contributed by atoms with Crippen LogP contribution in [0.25, 0.3) is 0 Å². The Labute approximate surface area is 155 Å². The maximum atomic E-state index is 12.5. The van der Waals surface area contributed by atoms with Crippen LogP contribution in [-0.2, 0) is 19.6 Å². The summed E-state index contributed by atoms with van der Waals surface area (Å²) in [7, 11) is -2.51. The molecule has 7 heteroatoms. The van der Waals surface area contributed by atoms with E-state index in [0.717, 1.165) is 10.9 Å². The van der Waals surface area contributed by atoms with Gasteiger partial charge in [-0.3, -0.25) is 0 Å². The predicted molar refractivity (Wildman–Crippen MR) is 98.6 cm³/mol. The van der Waals surface area contributed by atoms with Gasteiger partial charge in [-0.05, 0) is 0 Å². The molecule has 1 atom stereocenters. The van der Waals surface area contributed by atoms with E-state index < -0.39 is 22.0 Å². The Hall–Kier alpha value is -1.66. The average molecular weight is 426 g/mol. The first kappa shape index (κ1) is 19.7. The van der Waals surface area contributed by atoms with E-state index in [1.54, 1.807) is 12.1 Å². The Bertz CT molecular complexity index is 792. The molecule has 134 valence electrons. The first-order valence-corrected chi connectivity index (χ1v) is 11.3. The van der Waals surface area contributed by atoms with E-state index in [2.05, 4.69) is 4.72 Å². The molecule has 2 aromatic rings. The van der Waals surface area contributed by atoms with Crippen LogP contribution in [0.2, 0.25) is 5.32 Å². The van der Waals surface area contributed by atoms with Gasteiger partial charge in [-0.1, -0.05) is 0 Å². The molecular weight excluding hydrogens is 405 g/mol. The van der Waals surface area contributed by atoms with Crippen LogP contribution in [0.1, 0.15) is 12.0 Å². The number of methoxy groups -OCH3 is 1. The van der Waals surface area contributed by atoms with Crippen molar-refractivity contribution in [2.75, 3.05) is 7.11 Å². The molecule has 0 saturated heterocycles. The van der Waals surface area contributed by atoms with Crippen molar-refractivity contribution in [1.29, 1.82) is 0 Å². The van der Waals surface area contributed by atoms with Crippen molar-refractivity contribution in [1.82, 2.24) is 4.72 Å². The number of carbonyl (C=O) groups is 1. The molecule has 0 unspecified atom stereocenters. The molecule has 0 fully saturated rings. The van der Waals surface area contributed by atoms with Gasteiger partial charge < -0.3 is 0 Å². The van der Waals surface area contributed by atoms with Gasteiger partial charge >= 0.3 is 155 Å². The summed E-state index contributed by atoms with van der Waals surface area (Å²) in [6.45, 7) is 1.88. The molecule has 5 nitrogen and oxygen atoms in total. The molecular formula is C18H21NO4SSe. The molecule has 0 heterocycles. The zero-order chi connectivity index (χ0) is 18.3. The molecule has 0 amide bonds. The van der Waals surface area contributed by atoms with E-state index in [0.29, 0.717) is 6.42 Å². The van der Waals surface area contributed by atoms with Crippen molar-refractivity contribution in [3.05, 3.63) is 60.2 Å². The van der Waals surface area contributed by atoms with Crippen LogP contribution in [-0.4, -0.2) is 42.5 Å². The Morgan fingerprint density at radius 3 is 2.36 bits per heavy atom. The topological polar surface area (TPSA) is 72.5 Å². The van der Waals surface area contributed by atoms with Gasteiger partial charge in [0.2, 0.25) is 0 Å². The summed E-state index contributed by atoms with van der Waals surface area (Å²) in [5.74, 6) is -0.570.